The molecule has 0 atom stereocenters. The highest BCUT2D eigenvalue weighted by molar-refractivity contribution is 5.88. The smallest absolute Gasteiger partial charge is 0.419 e. The van der Waals surface area contributed by atoms with E-state index in [0.717, 1.165) is 22.1 Å². The van der Waals surface area contributed by atoms with Gasteiger partial charge in [-0.05, 0) is 31.2 Å². The topological polar surface area (TPSA) is 70.2 Å². The standard InChI is InChI=1S/C18H15N3O3/c1-2-23-18(22)21-15-9-5-4-8-13(15)19-17(21)11-14-12-7-3-6-10-16(12)24-20-14/h3-10H,2,11H2,1H3. The van der Waals surface area contributed by atoms with Gasteiger partial charge in [-0.3, -0.25) is 0 Å². The largest absolute Gasteiger partial charge is 0.449 e. The van der Waals surface area contributed by atoms with Crippen molar-refractivity contribution >= 4 is 28.1 Å². The van der Waals surface area contributed by atoms with E-state index < -0.39 is 6.09 Å². The zero-order valence-corrected chi connectivity index (χ0v) is 13.1. The Kier molecular flexibility index (Phi) is 3.49. The number of carbonyl (C=O) groups is 1. The van der Waals surface area contributed by atoms with Crippen molar-refractivity contribution in [3.8, 4) is 0 Å². The van der Waals surface area contributed by atoms with E-state index in [0.29, 0.717) is 24.4 Å². The molecule has 0 N–H and O–H groups in total. The number of nitrogens with zero attached hydrogens (tertiary/aromatic N) is 3. The fourth-order valence-corrected chi connectivity index (χ4v) is 2.80. The lowest BCUT2D eigenvalue weighted by Gasteiger charge is -2.06. The highest BCUT2D eigenvalue weighted by Crippen LogP contribution is 2.23. The van der Waals surface area contributed by atoms with Gasteiger partial charge in [0.2, 0.25) is 0 Å². The number of aromatic nitrogens is 3. The van der Waals surface area contributed by atoms with E-state index in [2.05, 4.69) is 10.1 Å². The molecule has 0 spiro atoms. The molecule has 2 aromatic carbocycles. The van der Waals surface area contributed by atoms with Crippen LogP contribution in [0.15, 0.2) is 53.1 Å². The number of para-hydroxylation sites is 3. The van der Waals surface area contributed by atoms with Crippen LogP contribution >= 0.6 is 0 Å². The van der Waals surface area contributed by atoms with Gasteiger partial charge in [0.1, 0.15) is 5.82 Å². The fraction of sp³-hybridized carbons (Fsp3) is 0.167. The van der Waals surface area contributed by atoms with Crippen molar-refractivity contribution < 1.29 is 14.1 Å². The van der Waals surface area contributed by atoms with Crippen LogP contribution in [0.5, 0.6) is 0 Å². The summed E-state index contributed by atoms with van der Waals surface area (Å²) in [5.74, 6) is 0.578. The summed E-state index contributed by atoms with van der Waals surface area (Å²) in [6.07, 6.45) is -0.0566. The summed E-state index contributed by atoms with van der Waals surface area (Å²) in [5, 5.41) is 5.04. The van der Waals surface area contributed by atoms with E-state index >= 15 is 0 Å². The maximum atomic E-state index is 12.4. The molecule has 4 rings (SSSR count). The SMILES string of the molecule is CCOC(=O)n1c(Cc2noc3ccccc23)nc2ccccc21. The Bertz CT molecular complexity index is 1030. The van der Waals surface area contributed by atoms with E-state index in [1.54, 1.807) is 6.92 Å². The van der Waals surface area contributed by atoms with Crippen molar-refractivity contribution in [3.05, 3.63) is 60.0 Å². The minimum atomic E-state index is -0.436. The average molecular weight is 321 g/mol. The molecule has 0 amide bonds. The molecule has 0 unspecified atom stereocenters. The quantitative estimate of drug-likeness (QED) is 0.574. The molecule has 0 aliphatic heterocycles. The molecule has 0 radical (unpaired) electrons. The Morgan fingerprint density at radius 3 is 2.83 bits per heavy atom. The van der Waals surface area contributed by atoms with Crippen molar-refractivity contribution in [3.63, 3.8) is 0 Å². The van der Waals surface area contributed by atoms with Gasteiger partial charge in [0.25, 0.3) is 0 Å². The third kappa shape index (κ3) is 2.32. The summed E-state index contributed by atoms with van der Waals surface area (Å²) >= 11 is 0. The number of fused-ring (bicyclic) bond motifs is 2. The first-order valence-electron chi connectivity index (χ1n) is 7.74. The molecule has 4 aromatic rings. The van der Waals surface area contributed by atoms with Gasteiger partial charge < -0.3 is 9.26 Å². The monoisotopic (exact) mass is 321 g/mol. The van der Waals surface area contributed by atoms with Crippen LogP contribution < -0.4 is 0 Å². The molecule has 0 saturated heterocycles. The van der Waals surface area contributed by atoms with E-state index in [1.165, 1.54) is 4.57 Å². The highest BCUT2D eigenvalue weighted by atomic mass is 16.5. The second-order valence-electron chi connectivity index (χ2n) is 5.35. The zero-order valence-electron chi connectivity index (χ0n) is 13.1. The summed E-state index contributed by atoms with van der Waals surface area (Å²) in [6, 6.07) is 15.1. The number of benzene rings is 2. The Balaban J connectivity index is 1.84. The van der Waals surface area contributed by atoms with Gasteiger partial charge in [-0.2, -0.15) is 0 Å². The van der Waals surface area contributed by atoms with Crippen molar-refractivity contribution in [1.82, 2.24) is 14.7 Å². The van der Waals surface area contributed by atoms with Gasteiger partial charge in [-0.1, -0.05) is 29.4 Å². The summed E-state index contributed by atoms with van der Waals surface area (Å²) in [6.45, 7) is 2.08. The van der Waals surface area contributed by atoms with Crippen LogP contribution in [-0.4, -0.2) is 27.4 Å². The zero-order chi connectivity index (χ0) is 16.5. The van der Waals surface area contributed by atoms with E-state index in [-0.39, 0.29) is 0 Å². The predicted molar refractivity (Wildman–Crippen MR) is 89.0 cm³/mol. The van der Waals surface area contributed by atoms with Crippen LogP contribution in [0.2, 0.25) is 0 Å². The van der Waals surface area contributed by atoms with Gasteiger partial charge in [-0.25, -0.2) is 14.3 Å². The molecule has 120 valence electrons. The van der Waals surface area contributed by atoms with Crippen LogP contribution in [0.4, 0.5) is 4.79 Å². The average Bonchev–Trinajstić information content (AvgIpc) is 3.17. The van der Waals surface area contributed by atoms with Gasteiger partial charge in [0.05, 0.1) is 29.8 Å². The molecule has 0 aliphatic rings. The predicted octanol–water partition coefficient (Wildman–Crippen LogP) is 3.77. The molecular weight excluding hydrogens is 306 g/mol. The van der Waals surface area contributed by atoms with E-state index in [4.69, 9.17) is 9.26 Å². The van der Waals surface area contributed by atoms with E-state index in [9.17, 15) is 4.79 Å². The Morgan fingerprint density at radius 1 is 1.17 bits per heavy atom. The van der Waals surface area contributed by atoms with Crippen LogP contribution in [-0.2, 0) is 11.2 Å². The van der Waals surface area contributed by atoms with Crippen molar-refractivity contribution in [2.75, 3.05) is 6.61 Å². The number of ether oxygens (including phenoxy) is 1. The lowest BCUT2D eigenvalue weighted by molar-refractivity contribution is 0.154. The minimum absolute atomic E-state index is 0.303. The normalized spacial score (nSPS) is 11.2. The van der Waals surface area contributed by atoms with Gasteiger partial charge in [0, 0.05) is 5.39 Å². The highest BCUT2D eigenvalue weighted by Gasteiger charge is 2.20. The number of hydrogen-bond donors (Lipinski definition) is 0. The Hall–Kier alpha value is -3.15. The summed E-state index contributed by atoms with van der Waals surface area (Å²) in [7, 11) is 0. The number of hydrogen-bond acceptors (Lipinski definition) is 5. The second-order valence-corrected chi connectivity index (χ2v) is 5.35. The second kappa shape index (κ2) is 5.81. The van der Waals surface area contributed by atoms with Crippen LogP contribution in [0.3, 0.4) is 0 Å². The molecule has 0 aliphatic carbocycles. The molecule has 2 heterocycles. The molecular formula is C18H15N3O3. The van der Waals surface area contributed by atoms with Gasteiger partial charge in [0.15, 0.2) is 5.58 Å². The van der Waals surface area contributed by atoms with Crippen molar-refractivity contribution in [2.24, 2.45) is 0 Å². The molecule has 6 heteroatoms. The fourth-order valence-electron chi connectivity index (χ4n) is 2.80. The van der Waals surface area contributed by atoms with Gasteiger partial charge in [-0.15, -0.1) is 0 Å². The molecule has 6 nitrogen and oxygen atoms in total. The van der Waals surface area contributed by atoms with Crippen LogP contribution in [0.25, 0.3) is 22.0 Å². The third-order valence-corrected chi connectivity index (χ3v) is 3.86. The molecule has 24 heavy (non-hydrogen) atoms. The van der Waals surface area contributed by atoms with Crippen molar-refractivity contribution in [1.29, 1.82) is 0 Å². The Morgan fingerprint density at radius 2 is 1.96 bits per heavy atom. The number of carbonyl (C=O) groups excluding carboxylic acids is 1. The van der Waals surface area contributed by atoms with Crippen LogP contribution in [0.1, 0.15) is 18.4 Å². The minimum Gasteiger partial charge on any atom is -0.449 e. The number of rotatable bonds is 3. The summed E-state index contributed by atoms with van der Waals surface area (Å²) < 4.78 is 12.0. The Labute approximate surface area is 137 Å². The molecule has 0 saturated carbocycles. The summed E-state index contributed by atoms with van der Waals surface area (Å²) in [5.41, 5.74) is 2.92. The molecule has 2 aromatic heterocycles. The van der Waals surface area contributed by atoms with Crippen molar-refractivity contribution in [2.45, 2.75) is 13.3 Å². The van der Waals surface area contributed by atoms with Crippen LogP contribution in [0, 0.1) is 0 Å². The maximum absolute atomic E-state index is 12.4. The number of imidazole rings is 1. The first-order chi connectivity index (χ1) is 11.8. The van der Waals surface area contributed by atoms with E-state index in [1.807, 2.05) is 48.5 Å². The maximum Gasteiger partial charge on any atom is 0.419 e. The summed E-state index contributed by atoms with van der Waals surface area (Å²) in [4.78, 5) is 17.0. The van der Waals surface area contributed by atoms with Gasteiger partial charge >= 0.3 is 6.09 Å². The third-order valence-electron chi connectivity index (χ3n) is 3.86. The first kappa shape index (κ1) is 14.4. The lowest BCUT2D eigenvalue weighted by Crippen LogP contribution is -2.16. The molecule has 0 fully saturated rings. The molecule has 0 bridgehead atoms. The first-order valence-corrected chi connectivity index (χ1v) is 7.74. The lowest BCUT2D eigenvalue weighted by atomic mass is 10.1.